The molecule has 1 rings (SSSR count). The predicted molar refractivity (Wildman–Crippen MR) is 75.6 cm³/mol. The molecule has 5 heteroatoms. The van der Waals surface area contributed by atoms with Crippen molar-refractivity contribution in [2.24, 2.45) is 0 Å². The van der Waals surface area contributed by atoms with Crippen molar-refractivity contribution in [2.45, 2.75) is 38.9 Å². The number of carboxylic acid groups (broad SMARTS) is 1. The van der Waals surface area contributed by atoms with Crippen LogP contribution in [0.15, 0.2) is 18.2 Å². The zero-order chi connectivity index (χ0) is 14.1. The fraction of sp³-hybridized carbons (Fsp3) is 0.462. The lowest BCUT2D eigenvalue weighted by Crippen LogP contribution is -2.44. The van der Waals surface area contributed by atoms with Gasteiger partial charge in [-0.25, -0.2) is 4.79 Å². The topological polar surface area (TPSA) is 72.5 Å². The van der Waals surface area contributed by atoms with Crippen LogP contribution in [0.25, 0.3) is 0 Å². The Balaban J connectivity index is 3.14. The Kier molecular flexibility index (Phi) is 3.76. The third kappa shape index (κ3) is 2.84. The van der Waals surface area contributed by atoms with Gasteiger partial charge in [-0.15, -0.1) is 0 Å². The van der Waals surface area contributed by atoms with Crippen LogP contribution in [0.2, 0.25) is 18.1 Å². The van der Waals surface area contributed by atoms with Crippen LogP contribution < -0.4 is 10.2 Å². The number of aromatic carboxylic acids is 1. The second-order valence-electron chi connectivity index (χ2n) is 5.88. The van der Waals surface area contributed by atoms with Crippen molar-refractivity contribution in [3.63, 3.8) is 0 Å². The molecule has 0 atom stereocenters. The zero-order valence-electron chi connectivity index (χ0n) is 11.6. The number of hydrogen-bond donors (Lipinski definition) is 2. The maximum Gasteiger partial charge on any atom is 0.337 e. The summed E-state index contributed by atoms with van der Waals surface area (Å²) in [7, 11) is -2.01. The molecule has 0 aliphatic rings. The van der Waals surface area contributed by atoms with E-state index in [1.807, 2.05) is 0 Å². The summed E-state index contributed by atoms with van der Waals surface area (Å²) in [6, 6.07) is 4.86. The van der Waals surface area contributed by atoms with E-state index in [2.05, 4.69) is 33.9 Å². The summed E-state index contributed by atoms with van der Waals surface area (Å²) in [6.45, 7) is 10.6. The minimum absolute atomic E-state index is 0.0403. The number of nitrogen functional groups attached to an aromatic ring is 1. The van der Waals surface area contributed by atoms with Crippen LogP contribution in [-0.4, -0.2) is 19.4 Å². The Labute approximate surface area is 109 Å². The highest BCUT2D eigenvalue weighted by molar-refractivity contribution is 6.74. The number of benzene rings is 1. The van der Waals surface area contributed by atoms with Crippen molar-refractivity contribution >= 4 is 20.0 Å². The van der Waals surface area contributed by atoms with Gasteiger partial charge >= 0.3 is 5.97 Å². The molecule has 3 N–H and O–H groups in total. The van der Waals surface area contributed by atoms with E-state index >= 15 is 0 Å². The predicted octanol–water partition coefficient (Wildman–Crippen LogP) is 3.35. The first kappa shape index (κ1) is 14.6. The maximum absolute atomic E-state index is 11.0. The van der Waals surface area contributed by atoms with Crippen LogP contribution in [0.3, 0.4) is 0 Å². The number of nitrogens with two attached hydrogens (primary N) is 1. The molecule has 1 aromatic rings. The molecule has 0 heterocycles. The van der Waals surface area contributed by atoms with Crippen LogP contribution in [0.1, 0.15) is 31.1 Å². The second-order valence-corrected chi connectivity index (χ2v) is 10.6. The van der Waals surface area contributed by atoms with Crippen LogP contribution in [0.5, 0.6) is 5.75 Å². The lowest BCUT2D eigenvalue weighted by molar-refractivity contribution is 0.0698. The third-order valence-corrected chi connectivity index (χ3v) is 7.81. The van der Waals surface area contributed by atoms with Gasteiger partial charge in [0.25, 0.3) is 8.32 Å². The number of hydrogen-bond acceptors (Lipinski definition) is 3. The number of carboxylic acids is 1. The van der Waals surface area contributed by atoms with Gasteiger partial charge in [-0.2, -0.15) is 0 Å². The van der Waals surface area contributed by atoms with Gasteiger partial charge in [0.15, 0.2) is 0 Å². The first-order valence-electron chi connectivity index (χ1n) is 5.87. The summed E-state index contributed by atoms with van der Waals surface area (Å²) in [5.74, 6) is -0.560. The molecule has 0 unspecified atom stereocenters. The summed E-state index contributed by atoms with van der Waals surface area (Å²) in [5.41, 5.74) is 6.14. The summed E-state index contributed by atoms with van der Waals surface area (Å²) in [6.07, 6.45) is 0. The first-order valence-corrected chi connectivity index (χ1v) is 8.78. The van der Waals surface area contributed by atoms with Crippen molar-refractivity contribution in [1.29, 1.82) is 0 Å². The Morgan fingerprint density at radius 2 is 1.89 bits per heavy atom. The van der Waals surface area contributed by atoms with Crippen LogP contribution >= 0.6 is 0 Å². The molecule has 0 spiro atoms. The lowest BCUT2D eigenvalue weighted by Gasteiger charge is -2.36. The Hall–Kier alpha value is -1.49. The Morgan fingerprint density at radius 1 is 1.33 bits per heavy atom. The van der Waals surface area contributed by atoms with Crippen molar-refractivity contribution < 1.29 is 14.3 Å². The van der Waals surface area contributed by atoms with Gasteiger partial charge in [0.2, 0.25) is 0 Å². The molecule has 0 aromatic heterocycles. The summed E-state index contributed by atoms with van der Waals surface area (Å²) in [5, 5.41) is 9.06. The van der Waals surface area contributed by atoms with Crippen molar-refractivity contribution in [2.75, 3.05) is 5.73 Å². The SMILES string of the molecule is CC(C)(C)[Si](C)(C)Oc1cccc(C(=O)O)c1N. The fourth-order valence-corrected chi connectivity index (χ4v) is 2.28. The van der Waals surface area contributed by atoms with E-state index in [1.54, 1.807) is 12.1 Å². The minimum atomic E-state index is -2.01. The van der Waals surface area contributed by atoms with E-state index in [9.17, 15) is 4.79 Å². The third-order valence-electron chi connectivity index (χ3n) is 3.47. The van der Waals surface area contributed by atoms with Crippen LogP contribution in [0.4, 0.5) is 5.69 Å². The smallest absolute Gasteiger partial charge is 0.337 e. The molecule has 0 bridgehead atoms. The molecular formula is C13H21NO3Si. The maximum atomic E-state index is 11.0. The zero-order valence-corrected chi connectivity index (χ0v) is 12.6. The summed E-state index contributed by atoms with van der Waals surface area (Å²) < 4.78 is 6.04. The molecule has 0 aliphatic carbocycles. The molecule has 0 radical (unpaired) electrons. The highest BCUT2D eigenvalue weighted by atomic mass is 28.4. The van der Waals surface area contributed by atoms with E-state index < -0.39 is 14.3 Å². The quantitative estimate of drug-likeness (QED) is 0.650. The van der Waals surface area contributed by atoms with Crippen molar-refractivity contribution in [3.8, 4) is 5.75 Å². The van der Waals surface area contributed by atoms with Crippen LogP contribution in [-0.2, 0) is 0 Å². The van der Waals surface area contributed by atoms with Gasteiger partial charge in [0, 0.05) is 0 Å². The Morgan fingerprint density at radius 3 is 2.33 bits per heavy atom. The largest absolute Gasteiger partial charge is 0.542 e. The van der Waals surface area contributed by atoms with Gasteiger partial charge in [0.1, 0.15) is 5.75 Å². The molecule has 100 valence electrons. The number of rotatable bonds is 3. The van der Waals surface area contributed by atoms with Gasteiger partial charge in [-0.3, -0.25) is 0 Å². The van der Waals surface area contributed by atoms with Gasteiger partial charge < -0.3 is 15.3 Å². The molecule has 0 saturated carbocycles. The van der Waals surface area contributed by atoms with Crippen molar-refractivity contribution in [1.82, 2.24) is 0 Å². The minimum Gasteiger partial charge on any atom is -0.542 e. The number of carbonyl (C=O) groups is 1. The van der Waals surface area contributed by atoms with E-state index in [1.165, 1.54) is 6.07 Å². The van der Waals surface area contributed by atoms with E-state index in [-0.39, 0.29) is 16.3 Å². The monoisotopic (exact) mass is 267 g/mol. The highest BCUT2D eigenvalue weighted by Crippen LogP contribution is 2.39. The fourth-order valence-electron chi connectivity index (χ4n) is 1.25. The number of anilines is 1. The molecule has 4 nitrogen and oxygen atoms in total. The molecule has 0 aliphatic heterocycles. The number of para-hydroxylation sites is 1. The summed E-state index contributed by atoms with van der Waals surface area (Å²) >= 11 is 0. The first-order chi connectivity index (χ1) is 8.06. The normalized spacial score (nSPS) is 12.3. The van der Waals surface area contributed by atoms with Gasteiger partial charge in [-0.05, 0) is 30.3 Å². The lowest BCUT2D eigenvalue weighted by atomic mass is 10.2. The van der Waals surface area contributed by atoms with Gasteiger partial charge in [-0.1, -0.05) is 26.8 Å². The van der Waals surface area contributed by atoms with E-state index in [0.29, 0.717) is 5.75 Å². The van der Waals surface area contributed by atoms with E-state index in [0.717, 1.165) is 0 Å². The second kappa shape index (κ2) is 4.64. The Bertz CT molecular complexity index is 464. The molecule has 1 aromatic carbocycles. The molecule has 0 amide bonds. The van der Waals surface area contributed by atoms with Gasteiger partial charge in [0.05, 0.1) is 11.3 Å². The average molecular weight is 267 g/mol. The standard InChI is InChI=1S/C13H21NO3Si/c1-13(2,3)18(4,5)17-10-8-6-7-9(11(10)14)12(15)16/h6-8H,14H2,1-5H3,(H,15,16). The summed E-state index contributed by atoms with van der Waals surface area (Å²) in [4.78, 5) is 11.0. The molecule has 18 heavy (non-hydrogen) atoms. The van der Waals surface area contributed by atoms with Crippen LogP contribution in [0, 0.1) is 0 Å². The molecular weight excluding hydrogens is 246 g/mol. The molecule has 0 saturated heterocycles. The van der Waals surface area contributed by atoms with Crippen molar-refractivity contribution in [3.05, 3.63) is 23.8 Å². The molecule has 0 fully saturated rings. The van der Waals surface area contributed by atoms with E-state index in [4.69, 9.17) is 15.3 Å². The average Bonchev–Trinajstić information content (AvgIpc) is 2.18. The highest BCUT2D eigenvalue weighted by Gasteiger charge is 2.39.